The number of nitrogens with one attached hydrogen (secondary N) is 1. The molecule has 1 fully saturated rings. The minimum Gasteiger partial charge on any atom is -0.495 e. The predicted octanol–water partition coefficient (Wildman–Crippen LogP) is 2.52. The van der Waals surface area contributed by atoms with E-state index in [1.165, 1.54) is 0 Å². The Morgan fingerprint density at radius 2 is 2.22 bits per heavy atom. The van der Waals surface area contributed by atoms with Crippen molar-refractivity contribution in [2.75, 3.05) is 12.4 Å². The first-order valence-electron chi connectivity index (χ1n) is 5.89. The number of methoxy groups -OCH3 is 1. The predicted molar refractivity (Wildman–Crippen MR) is 74.6 cm³/mol. The zero-order valence-corrected chi connectivity index (χ0v) is 12.1. The Labute approximate surface area is 115 Å². The fourth-order valence-electron chi connectivity index (χ4n) is 1.87. The van der Waals surface area contributed by atoms with Crippen molar-refractivity contribution in [3.63, 3.8) is 0 Å². The lowest BCUT2D eigenvalue weighted by atomic mass is 9.96. The van der Waals surface area contributed by atoms with E-state index in [1.807, 2.05) is 12.1 Å². The molecule has 1 aliphatic rings. The van der Waals surface area contributed by atoms with Gasteiger partial charge in [-0.05, 0) is 53.7 Å². The van der Waals surface area contributed by atoms with Crippen LogP contribution in [0, 0.1) is 5.92 Å². The van der Waals surface area contributed by atoms with Crippen LogP contribution in [0.2, 0.25) is 0 Å². The molecule has 0 bridgehead atoms. The SMILES string of the molecule is COc1cc(NC(=O)C(C)(N)C2CC2)ccc1Br. The largest absolute Gasteiger partial charge is 0.495 e. The van der Waals surface area contributed by atoms with Gasteiger partial charge in [0.05, 0.1) is 17.1 Å². The third kappa shape index (κ3) is 2.67. The van der Waals surface area contributed by atoms with Gasteiger partial charge in [0.25, 0.3) is 0 Å². The Hall–Kier alpha value is -1.07. The first-order chi connectivity index (χ1) is 8.45. The summed E-state index contributed by atoms with van der Waals surface area (Å²) in [6, 6.07) is 5.41. The van der Waals surface area contributed by atoms with Gasteiger partial charge in [0.15, 0.2) is 0 Å². The third-order valence-electron chi connectivity index (χ3n) is 3.32. The molecule has 1 saturated carbocycles. The Morgan fingerprint density at radius 1 is 1.56 bits per heavy atom. The summed E-state index contributed by atoms with van der Waals surface area (Å²) >= 11 is 3.37. The number of benzene rings is 1. The second-order valence-electron chi connectivity index (χ2n) is 4.86. The van der Waals surface area contributed by atoms with Gasteiger partial charge in [-0.2, -0.15) is 0 Å². The minimum atomic E-state index is -0.791. The average molecular weight is 313 g/mol. The van der Waals surface area contributed by atoms with Crippen LogP contribution in [0.25, 0.3) is 0 Å². The summed E-state index contributed by atoms with van der Waals surface area (Å²) in [5.74, 6) is 0.835. The first kappa shape index (κ1) is 13.4. The monoisotopic (exact) mass is 312 g/mol. The topological polar surface area (TPSA) is 64.3 Å². The molecule has 4 nitrogen and oxygen atoms in total. The Kier molecular flexibility index (Phi) is 3.64. The number of rotatable bonds is 4. The molecule has 0 aliphatic heterocycles. The number of anilines is 1. The van der Waals surface area contributed by atoms with Crippen LogP contribution in [0.5, 0.6) is 5.75 Å². The molecule has 1 unspecified atom stereocenters. The van der Waals surface area contributed by atoms with Gasteiger partial charge in [-0.25, -0.2) is 0 Å². The summed E-state index contributed by atoms with van der Waals surface area (Å²) in [5.41, 5.74) is 5.96. The number of hydrogen-bond acceptors (Lipinski definition) is 3. The molecule has 3 N–H and O–H groups in total. The quantitative estimate of drug-likeness (QED) is 0.898. The number of carbonyl (C=O) groups excluding carboxylic acids is 1. The normalized spacial score (nSPS) is 18.0. The lowest BCUT2D eigenvalue weighted by molar-refractivity contribution is -0.121. The van der Waals surface area contributed by atoms with Crippen molar-refractivity contribution in [3.8, 4) is 5.75 Å². The van der Waals surface area contributed by atoms with Crippen molar-refractivity contribution >= 4 is 27.5 Å². The molecule has 0 saturated heterocycles. The van der Waals surface area contributed by atoms with E-state index in [0.717, 1.165) is 17.3 Å². The van der Waals surface area contributed by atoms with E-state index < -0.39 is 5.54 Å². The molecule has 1 atom stereocenters. The zero-order chi connectivity index (χ0) is 13.3. The van der Waals surface area contributed by atoms with E-state index in [4.69, 9.17) is 10.5 Å². The Morgan fingerprint density at radius 3 is 2.78 bits per heavy atom. The maximum atomic E-state index is 12.1. The van der Waals surface area contributed by atoms with Gasteiger partial charge >= 0.3 is 0 Å². The van der Waals surface area contributed by atoms with E-state index in [0.29, 0.717) is 17.4 Å². The van der Waals surface area contributed by atoms with E-state index in [2.05, 4.69) is 21.2 Å². The van der Waals surface area contributed by atoms with Crippen molar-refractivity contribution in [2.45, 2.75) is 25.3 Å². The molecule has 0 radical (unpaired) electrons. The number of ether oxygens (including phenoxy) is 1. The van der Waals surface area contributed by atoms with Gasteiger partial charge < -0.3 is 15.8 Å². The summed E-state index contributed by atoms with van der Waals surface area (Å²) in [4.78, 5) is 12.1. The summed E-state index contributed by atoms with van der Waals surface area (Å²) < 4.78 is 6.03. The maximum absolute atomic E-state index is 12.1. The second kappa shape index (κ2) is 4.90. The van der Waals surface area contributed by atoms with Crippen molar-refractivity contribution in [1.29, 1.82) is 0 Å². The van der Waals surface area contributed by atoms with Crippen LogP contribution < -0.4 is 15.8 Å². The molecule has 98 valence electrons. The van der Waals surface area contributed by atoms with Crippen LogP contribution in [-0.2, 0) is 4.79 Å². The van der Waals surface area contributed by atoms with Crippen molar-refractivity contribution in [1.82, 2.24) is 0 Å². The number of nitrogens with two attached hydrogens (primary N) is 1. The maximum Gasteiger partial charge on any atom is 0.244 e. The van der Waals surface area contributed by atoms with Crippen molar-refractivity contribution in [2.24, 2.45) is 11.7 Å². The van der Waals surface area contributed by atoms with Crippen LogP contribution in [0.1, 0.15) is 19.8 Å². The molecule has 1 aromatic rings. The highest BCUT2D eigenvalue weighted by Crippen LogP contribution is 2.38. The van der Waals surface area contributed by atoms with E-state index in [9.17, 15) is 4.79 Å². The highest BCUT2D eigenvalue weighted by Gasteiger charge is 2.44. The van der Waals surface area contributed by atoms with Gasteiger partial charge in [0.1, 0.15) is 5.75 Å². The molecule has 1 aliphatic carbocycles. The van der Waals surface area contributed by atoms with E-state index in [1.54, 1.807) is 20.1 Å². The van der Waals surface area contributed by atoms with Gasteiger partial charge in [-0.3, -0.25) is 4.79 Å². The van der Waals surface area contributed by atoms with Gasteiger partial charge in [-0.15, -0.1) is 0 Å². The molecule has 0 heterocycles. The molecule has 1 amide bonds. The van der Waals surface area contributed by atoms with Gasteiger partial charge in [0, 0.05) is 11.8 Å². The highest BCUT2D eigenvalue weighted by atomic mass is 79.9. The number of halogens is 1. The molecule has 0 spiro atoms. The van der Waals surface area contributed by atoms with Crippen LogP contribution >= 0.6 is 15.9 Å². The standard InChI is InChI=1S/C13H17BrN2O2/c1-13(15,8-3-4-8)12(17)16-9-5-6-10(14)11(7-9)18-2/h5-8H,3-4,15H2,1-2H3,(H,16,17). The molecule has 0 aromatic heterocycles. The van der Waals surface area contributed by atoms with E-state index in [-0.39, 0.29) is 5.91 Å². The summed E-state index contributed by atoms with van der Waals surface area (Å²) in [6.45, 7) is 1.79. The van der Waals surface area contributed by atoms with Crippen LogP contribution in [0.4, 0.5) is 5.69 Å². The van der Waals surface area contributed by atoms with Crippen LogP contribution in [0.15, 0.2) is 22.7 Å². The lowest BCUT2D eigenvalue weighted by Crippen LogP contribution is -2.50. The van der Waals surface area contributed by atoms with Gasteiger partial charge in [-0.1, -0.05) is 0 Å². The fraction of sp³-hybridized carbons (Fsp3) is 0.462. The number of carbonyl (C=O) groups is 1. The summed E-state index contributed by atoms with van der Waals surface area (Å²) in [7, 11) is 1.59. The summed E-state index contributed by atoms with van der Waals surface area (Å²) in [6.07, 6.45) is 2.06. The van der Waals surface area contributed by atoms with Crippen LogP contribution in [0.3, 0.4) is 0 Å². The molecule has 2 rings (SSSR count). The lowest BCUT2D eigenvalue weighted by Gasteiger charge is -2.23. The zero-order valence-electron chi connectivity index (χ0n) is 10.5. The number of amides is 1. The van der Waals surface area contributed by atoms with Gasteiger partial charge in [0.2, 0.25) is 5.91 Å². The molecule has 1 aromatic carbocycles. The summed E-state index contributed by atoms with van der Waals surface area (Å²) in [5, 5.41) is 2.84. The third-order valence-corrected chi connectivity index (χ3v) is 3.98. The first-order valence-corrected chi connectivity index (χ1v) is 6.68. The van der Waals surface area contributed by atoms with Crippen molar-refractivity contribution < 1.29 is 9.53 Å². The minimum absolute atomic E-state index is 0.144. The van der Waals surface area contributed by atoms with Crippen molar-refractivity contribution in [3.05, 3.63) is 22.7 Å². The average Bonchev–Trinajstić information content (AvgIpc) is 3.15. The Bertz CT molecular complexity index is 470. The highest BCUT2D eigenvalue weighted by molar-refractivity contribution is 9.10. The fourth-order valence-corrected chi connectivity index (χ4v) is 2.28. The smallest absolute Gasteiger partial charge is 0.244 e. The molecular formula is C13H17BrN2O2. The van der Waals surface area contributed by atoms with Crippen LogP contribution in [-0.4, -0.2) is 18.6 Å². The second-order valence-corrected chi connectivity index (χ2v) is 5.71. The molecular weight excluding hydrogens is 296 g/mol. The molecule has 5 heteroatoms. The Balaban J connectivity index is 2.11. The number of hydrogen-bond donors (Lipinski definition) is 2. The molecule has 18 heavy (non-hydrogen) atoms. The van der Waals surface area contributed by atoms with E-state index >= 15 is 0 Å².